The van der Waals surface area contributed by atoms with E-state index in [2.05, 4.69) is 5.32 Å². The summed E-state index contributed by atoms with van der Waals surface area (Å²) in [5, 5.41) is 2.91. The molecule has 6 heteroatoms. The van der Waals surface area contributed by atoms with Gasteiger partial charge in [0.15, 0.2) is 11.5 Å². The largest absolute Gasteiger partial charge is 0.497 e. The predicted octanol–water partition coefficient (Wildman–Crippen LogP) is 2.33. The van der Waals surface area contributed by atoms with Gasteiger partial charge in [0.1, 0.15) is 12.4 Å². The molecule has 0 aromatic heterocycles. The first kappa shape index (κ1) is 19.6. The first-order valence-corrected chi connectivity index (χ1v) is 8.46. The van der Waals surface area contributed by atoms with Gasteiger partial charge >= 0.3 is 0 Å². The molecule has 0 unspecified atom stereocenters. The van der Waals surface area contributed by atoms with Crippen molar-refractivity contribution in [3.8, 4) is 17.2 Å². The third-order valence-corrected chi connectivity index (χ3v) is 3.84. The van der Waals surface area contributed by atoms with E-state index in [1.165, 1.54) is 0 Å². The smallest absolute Gasteiger partial charge is 0.234 e. The van der Waals surface area contributed by atoms with E-state index < -0.39 is 0 Å². The molecule has 0 spiro atoms. The van der Waals surface area contributed by atoms with Gasteiger partial charge in [-0.25, -0.2) is 0 Å². The number of para-hydroxylation sites is 2. The number of hydrogen-bond donors (Lipinski definition) is 1. The van der Waals surface area contributed by atoms with Crippen molar-refractivity contribution in [1.29, 1.82) is 0 Å². The molecule has 2 aromatic rings. The van der Waals surface area contributed by atoms with E-state index in [1.807, 2.05) is 60.5 Å². The number of carbonyl (C=O) groups is 1. The highest BCUT2D eigenvalue weighted by Crippen LogP contribution is 2.25. The van der Waals surface area contributed by atoms with Crippen LogP contribution in [0.4, 0.5) is 0 Å². The molecule has 0 radical (unpaired) electrons. The lowest BCUT2D eigenvalue weighted by Gasteiger charge is -2.17. The van der Waals surface area contributed by atoms with Gasteiger partial charge in [-0.1, -0.05) is 24.3 Å². The zero-order valence-electron chi connectivity index (χ0n) is 15.5. The summed E-state index contributed by atoms with van der Waals surface area (Å²) < 4.78 is 16.1. The predicted molar refractivity (Wildman–Crippen MR) is 101 cm³/mol. The Morgan fingerprint density at radius 2 is 1.81 bits per heavy atom. The Balaban J connectivity index is 1.70. The maximum absolute atomic E-state index is 12.1. The number of benzene rings is 2. The molecule has 0 aliphatic rings. The maximum Gasteiger partial charge on any atom is 0.234 e. The molecule has 0 bridgehead atoms. The van der Waals surface area contributed by atoms with Crippen LogP contribution in [-0.2, 0) is 11.3 Å². The molecular weight excluding hydrogens is 332 g/mol. The molecule has 1 amide bonds. The van der Waals surface area contributed by atoms with Gasteiger partial charge in [-0.05, 0) is 36.9 Å². The van der Waals surface area contributed by atoms with Crippen molar-refractivity contribution in [3.63, 3.8) is 0 Å². The third kappa shape index (κ3) is 6.29. The summed E-state index contributed by atoms with van der Waals surface area (Å²) in [6, 6.07) is 15.1. The lowest BCUT2D eigenvalue weighted by molar-refractivity contribution is -0.122. The lowest BCUT2D eigenvalue weighted by Crippen LogP contribution is -2.36. The number of methoxy groups -OCH3 is 2. The molecule has 0 atom stereocenters. The van der Waals surface area contributed by atoms with E-state index in [4.69, 9.17) is 14.2 Å². The van der Waals surface area contributed by atoms with Crippen LogP contribution in [0.2, 0.25) is 0 Å². The molecule has 0 saturated heterocycles. The minimum atomic E-state index is -0.0346. The van der Waals surface area contributed by atoms with Gasteiger partial charge in [0.2, 0.25) is 5.91 Å². The Labute approximate surface area is 154 Å². The van der Waals surface area contributed by atoms with Crippen LogP contribution in [0.25, 0.3) is 0 Å². The van der Waals surface area contributed by atoms with Gasteiger partial charge in [0, 0.05) is 13.1 Å². The van der Waals surface area contributed by atoms with Crippen molar-refractivity contribution >= 4 is 5.91 Å². The monoisotopic (exact) mass is 358 g/mol. The lowest BCUT2D eigenvalue weighted by atomic mass is 10.2. The second kappa shape index (κ2) is 10.3. The van der Waals surface area contributed by atoms with Crippen molar-refractivity contribution in [2.24, 2.45) is 0 Å². The first-order valence-electron chi connectivity index (χ1n) is 8.46. The van der Waals surface area contributed by atoms with Crippen molar-refractivity contribution < 1.29 is 19.0 Å². The average molecular weight is 358 g/mol. The minimum absolute atomic E-state index is 0.0346. The Hall–Kier alpha value is -2.73. The van der Waals surface area contributed by atoms with E-state index in [9.17, 15) is 4.79 Å². The van der Waals surface area contributed by atoms with Crippen molar-refractivity contribution in [2.45, 2.75) is 6.54 Å². The Morgan fingerprint density at radius 3 is 2.54 bits per heavy atom. The van der Waals surface area contributed by atoms with Crippen molar-refractivity contribution in [3.05, 3.63) is 54.1 Å². The molecule has 2 aromatic carbocycles. The number of hydrogen-bond acceptors (Lipinski definition) is 5. The third-order valence-electron chi connectivity index (χ3n) is 3.84. The highest BCUT2D eigenvalue weighted by molar-refractivity contribution is 5.77. The van der Waals surface area contributed by atoms with Crippen LogP contribution < -0.4 is 19.5 Å². The zero-order valence-corrected chi connectivity index (χ0v) is 15.5. The Morgan fingerprint density at radius 1 is 1.04 bits per heavy atom. The summed E-state index contributed by atoms with van der Waals surface area (Å²) in [6.07, 6.45) is 0. The van der Waals surface area contributed by atoms with Crippen LogP contribution in [0.1, 0.15) is 5.56 Å². The fraction of sp³-hybridized carbons (Fsp3) is 0.350. The molecule has 0 heterocycles. The number of likely N-dealkylation sites (N-methyl/N-ethyl adjacent to an activating group) is 1. The number of amides is 1. The Bertz CT molecular complexity index is 706. The topological polar surface area (TPSA) is 60.0 Å². The van der Waals surface area contributed by atoms with Crippen LogP contribution in [0.3, 0.4) is 0 Å². The van der Waals surface area contributed by atoms with E-state index in [1.54, 1.807) is 14.2 Å². The number of rotatable bonds is 10. The van der Waals surface area contributed by atoms with Crippen molar-refractivity contribution in [2.75, 3.05) is 41.0 Å². The molecule has 26 heavy (non-hydrogen) atoms. The van der Waals surface area contributed by atoms with Crippen LogP contribution in [0.15, 0.2) is 48.5 Å². The molecule has 0 saturated carbocycles. The van der Waals surface area contributed by atoms with Gasteiger partial charge in [0.05, 0.1) is 20.8 Å². The van der Waals surface area contributed by atoms with E-state index >= 15 is 0 Å². The van der Waals surface area contributed by atoms with Gasteiger partial charge in [-0.15, -0.1) is 0 Å². The Kier molecular flexibility index (Phi) is 7.76. The molecule has 0 aliphatic carbocycles. The number of nitrogens with zero attached hydrogens (tertiary/aromatic N) is 1. The van der Waals surface area contributed by atoms with Crippen LogP contribution in [0, 0.1) is 0 Å². The van der Waals surface area contributed by atoms with E-state index in [-0.39, 0.29) is 5.91 Å². The summed E-state index contributed by atoms with van der Waals surface area (Å²) in [6.45, 7) is 1.88. The summed E-state index contributed by atoms with van der Waals surface area (Å²) in [4.78, 5) is 14.0. The van der Waals surface area contributed by atoms with Gasteiger partial charge < -0.3 is 19.5 Å². The average Bonchev–Trinajstić information content (AvgIpc) is 2.67. The van der Waals surface area contributed by atoms with Crippen LogP contribution in [0.5, 0.6) is 17.2 Å². The van der Waals surface area contributed by atoms with E-state index in [0.29, 0.717) is 37.7 Å². The molecule has 6 nitrogen and oxygen atoms in total. The second-order valence-corrected chi connectivity index (χ2v) is 5.87. The van der Waals surface area contributed by atoms with E-state index in [0.717, 1.165) is 11.3 Å². The molecule has 0 fully saturated rings. The van der Waals surface area contributed by atoms with Gasteiger partial charge in [-0.2, -0.15) is 0 Å². The number of ether oxygens (including phenoxy) is 3. The normalized spacial score (nSPS) is 10.5. The number of carbonyl (C=O) groups excluding carboxylic acids is 1. The highest BCUT2D eigenvalue weighted by Gasteiger charge is 2.08. The molecule has 1 N–H and O–H groups in total. The number of nitrogens with one attached hydrogen (secondary N) is 1. The molecule has 140 valence electrons. The van der Waals surface area contributed by atoms with Gasteiger partial charge in [-0.3, -0.25) is 9.69 Å². The van der Waals surface area contributed by atoms with Gasteiger partial charge in [0.25, 0.3) is 0 Å². The standard InChI is InChI=1S/C20H26N2O4/c1-22(11-12-26-19-10-5-4-9-18(19)25-3)15-20(23)21-14-16-7-6-8-17(13-16)24-2/h4-10,13H,11-12,14-15H2,1-3H3,(H,21,23). The SMILES string of the molecule is COc1cccc(CNC(=O)CN(C)CCOc2ccccc2OC)c1. The minimum Gasteiger partial charge on any atom is -0.497 e. The summed E-state index contributed by atoms with van der Waals surface area (Å²) in [5.41, 5.74) is 1.000. The molecular formula is C20H26N2O4. The molecule has 0 aliphatic heterocycles. The zero-order chi connectivity index (χ0) is 18.8. The van der Waals surface area contributed by atoms with Crippen LogP contribution >= 0.6 is 0 Å². The summed E-state index contributed by atoms with van der Waals surface area (Å²) in [5.74, 6) is 2.15. The molecule has 2 rings (SSSR count). The van der Waals surface area contributed by atoms with Crippen molar-refractivity contribution in [1.82, 2.24) is 10.2 Å². The fourth-order valence-corrected chi connectivity index (χ4v) is 2.41. The fourth-order valence-electron chi connectivity index (χ4n) is 2.41. The second-order valence-electron chi connectivity index (χ2n) is 5.87. The first-order chi connectivity index (χ1) is 12.6. The quantitative estimate of drug-likeness (QED) is 0.706. The summed E-state index contributed by atoms with van der Waals surface area (Å²) in [7, 11) is 5.12. The van der Waals surface area contributed by atoms with Crippen LogP contribution in [-0.4, -0.2) is 51.8 Å². The highest BCUT2D eigenvalue weighted by atomic mass is 16.5. The maximum atomic E-state index is 12.1. The summed E-state index contributed by atoms with van der Waals surface area (Å²) >= 11 is 0.